The summed E-state index contributed by atoms with van der Waals surface area (Å²) in [6, 6.07) is 5.95. The predicted octanol–water partition coefficient (Wildman–Crippen LogP) is 2.62. The minimum atomic E-state index is -0.513. The van der Waals surface area contributed by atoms with Crippen molar-refractivity contribution in [2.24, 2.45) is 0 Å². The van der Waals surface area contributed by atoms with Crippen molar-refractivity contribution in [2.45, 2.75) is 18.9 Å². The quantitative estimate of drug-likeness (QED) is 0.718. The van der Waals surface area contributed by atoms with Crippen molar-refractivity contribution in [3.05, 3.63) is 52.3 Å². The Morgan fingerprint density at radius 3 is 2.74 bits per heavy atom. The highest BCUT2D eigenvalue weighted by atomic mass is 35.5. The number of amides is 2. The molecule has 1 aliphatic heterocycles. The fourth-order valence-corrected chi connectivity index (χ4v) is 3.34. The van der Waals surface area contributed by atoms with E-state index in [-0.39, 0.29) is 11.8 Å². The van der Waals surface area contributed by atoms with Crippen molar-refractivity contribution in [3.63, 3.8) is 0 Å². The van der Waals surface area contributed by atoms with Crippen LogP contribution in [0.4, 0.5) is 5.95 Å². The van der Waals surface area contributed by atoms with E-state index in [9.17, 15) is 9.59 Å². The minimum absolute atomic E-state index is 0.185. The first-order valence-electron chi connectivity index (χ1n) is 8.61. The van der Waals surface area contributed by atoms with E-state index < -0.39 is 6.04 Å². The zero-order chi connectivity index (χ0) is 19.2. The fourth-order valence-electron chi connectivity index (χ4n) is 2.97. The normalized spacial score (nSPS) is 16.2. The van der Waals surface area contributed by atoms with Crippen LogP contribution >= 0.6 is 23.2 Å². The van der Waals surface area contributed by atoms with Crippen molar-refractivity contribution in [1.29, 1.82) is 0 Å². The van der Waals surface area contributed by atoms with Gasteiger partial charge in [0, 0.05) is 37.1 Å². The van der Waals surface area contributed by atoms with Gasteiger partial charge >= 0.3 is 0 Å². The van der Waals surface area contributed by atoms with Crippen LogP contribution in [0.1, 0.15) is 23.2 Å². The van der Waals surface area contributed by atoms with Gasteiger partial charge in [0.2, 0.25) is 11.9 Å². The number of likely N-dealkylation sites (tertiary alicyclic amines) is 1. The lowest BCUT2D eigenvalue weighted by Gasteiger charge is -2.24. The maximum atomic E-state index is 12.8. The molecule has 1 saturated heterocycles. The zero-order valence-corrected chi connectivity index (χ0v) is 16.0. The molecule has 2 amide bonds. The smallest absolute Gasteiger partial charge is 0.256 e. The standard InChI is InChI=1S/C18H19Cl2N5O2/c19-12-4-5-14(20)13(11-12)17(27)25-10-1-3-15(25)16(26)21-8-9-24-18-22-6-2-7-23-18/h2,4-7,11,15H,1,3,8-10H2,(H,21,26)(H,22,23,24). The van der Waals surface area contributed by atoms with Crippen LogP contribution in [-0.4, -0.2) is 52.4 Å². The van der Waals surface area contributed by atoms with Crippen LogP contribution in [0, 0.1) is 0 Å². The molecule has 2 heterocycles. The van der Waals surface area contributed by atoms with Crippen LogP contribution in [0.2, 0.25) is 10.0 Å². The Kier molecular flexibility index (Phi) is 6.47. The van der Waals surface area contributed by atoms with Gasteiger partial charge in [0.25, 0.3) is 5.91 Å². The van der Waals surface area contributed by atoms with E-state index in [4.69, 9.17) is 23.2 Å². The summed E-state index contributed by atoms with van der Waals surface area (Å²) in [5.74, 6) is 0.0331. The Labute approximate surface area is 167 Å². The molecule has 1 aromatic carbocycles. The number of carbonyl (C=O) groups excluding carboxylic acids is 2. The number of halogens is 2. The number of nitrogens with one attached hydrogen (secondary N) is 2. The molecule has 0 radical (unpaired) electrons. The highest BCUT2D eigenvalue weighted by molar-refractivity contribution is 6.35. The molecule has 1 unspecified atom stereocenters. The average molecular weight is 408 g/mol. The van der Waals surface area contributed by atoms with E-state index >= 15 is 0 Å². The number of nitrogens with zero attached hydrogens (tertiary/aromatic N) is 3. The molecule has 1 fully saturated rings. The first-order chi connectivity index (χ1) is 13.1. The Hall–Kier alpha value is -2.38. The highest BCUT2D eigenvalue weighted by Gasteiger charge is 2.35. The average Bonchev–Trinajstić information content (AvgIpc) is 3.17. The molecule has 9 heteroatoms. The molecule has 0 spiro atoms. The van der Waals surface area contributed by atoms with E-state index in [2.05, 4.69) is 20.6 Å². The first kappa shape index (κ1) is 19.4. The van der Waals surface area contributed by atoms with Gasteiger partial charge in [0.15, 0.2) is 0 Å². The second kappa shape index (κ2) is 9.01. The third-order valence-electron chi connectivity index (χ3n) is 4.25. The predicted molar refractivity (Wildman–Crippen MR) is 104 cm³/mol. The Morgan fingerprint density at radius 2 is 1.96 bits per heavy atom. The Balaban J connectivity index is 1.56. The zero-order valence-electron chi connectivity index (χ0n) is 14.5. The monoisotopic (exact) mass is 407 g/mol. The molecule has 0 bridgehead atoms. The maximum Gasteiger partial charge on any atom is 0.256 e. The third-order valence-corrected chi connectivity index (χ3v) is 4.81. The molecule has 2 N–H and O–H groups in total. The van der Waals surface area contributed by atoms with Gasteiger partial charge in [-0.1, -0.05) is 23.2 Å². The van der Waals surface area contributed by atoms with Gasteiger partial charge in [-0.3, -0.25) is 9.59 Å². The molecule has 142 valence electrons. The lowest BCUT2D eigenvalue weighted by Crippen LogP contribution is -2.46. The van der Waals surface area contributed by atoms with Gasteiger partial charge in [-0.05, 0) is 37.1 Å². The third kappa shape index (κ3) is 4.87. The number of carbonyl (C=O) groups is 2. The number of hydrogen-bond acceptors (Lipinski definition) is 5. The van der Waals surface area contributed by atoms with Gasteiger partial charge in [0.05, 0.1) is 10.6 Å². The molecule has 7 nitrogen and oxygen atoms in total. The van der Waals surface area contributed by atoms with E-state index in [1.54, 1.807) is 35.5 Å². The molecule has 3 rings (SSSR count). The summed E-state index contributed by atoms with van der Waals surface area (Å²) in [5.41, 5.74) is 0.312. The summed E-state index contributed by atoms with van der Waals surface area (Å²) >= 11 is 12.1. The second-order valence-corrected chi connectivity index (χ2v) is 6.91. The van der Waals surface area contributed by atoms with Crippen molar-refractivity contribution >= 4 is 41.0 Å². The summed E-state index contributed by atoms with van der Waals surface area (Å²) in [6.45, 7) is 1.39. The summed E-state index contributed by atoms with van der Waals surface area (Å²) in [4.78, 5) is 35.0. The lowest BCUT2D eigenvalue weighted by atomic mass is 10.1. The fraction of sp³-hybridized carbons (Fsp3) is 0.333. The van der Waals surface area contributed by atoms with Crippen LogP contribution in [0.3, 0.4) is 0 Å². The molecule has 1 aromatic heterocycles. The lowest BCUT2D eigenvalue weighted by molar-refractivity contribution is -0.124. The van der Waals surface area contributed by atoms with Gasteiger partial charge in [0.1, 0.15) is 6.04 Å². The van der Waals surface area contributed by atoms with Gasteiger partial charge < -0.3 is 15.5 Å². The van der Waals surface area contributed by atoms with Crippen LogP contribution in [-0.2, 0) is 4.79 Å². The summed E-state index contributed by atoms with van der Waals surface area (Å²) < 4.78 is 0. The number of benzene rings is 1. The molecule has 27 heavy (non-hydrogen) atoms. The molecule has 2 aromatic rings. The number of hydrogen-bond donors (Lipinski definition) is 2. The molecular weight excluding hydrogens is 389 g/mol. The van der Waals surface area contributed by atoms with Crippen molar-refractivity contribution in [3.8, 4) is 0 Å². The maximum absolute atomic E-state index is 12.8. The molecule has 0 saturated carbocycles. The van der Waals surface area contributed by atoms with E-state index in [1.165, 1.54) is 6.07 Å². The van der Waals surface area contributed by atoms with Crippen LogP contribution in [0.15, 0.2) is 36.7 Å². The number of anilines is 1. The van der Waals surface area contributed by atoms with E-state index in [1.807, 2.05) is 0 Å². The Bertz CT molecular complexity index is 819. The number of aromatic nitrogens is 2. The van der Waals surface area contributed by atoms with Gasteiger partial charge in [-0.25, -0.2) is 9.97 Å². The SMILES string of the molecule is O=C(NCCNc1ncccn1)C1CCCN1C(=O)c1cc(Cl)ccc1Cl. The molecule has 1 aliphatic rings. The van der Waals surface area contributed by atoms with Gasteiger partial charge in [-0.2, -0.15) is 0 Å². The molecular formula is C18H19Cl2N5O2. The first-order valence-corrected chi connectivity index (χ1v) is 9.36. The topological polar surface area (TPSA) is 87.2 Å². The van der Waals surface area contributed by atoms with Crippen LogP contribution < -0.4 is 10.6 Å². The van der Waals surface area contributed by atoms with Gasteiger partial charge in [-0.15, -0.1) is 0 Å². The Morgan fingerprint density at radius 1 is 1.19 bits per heavy atom. The second-order valence-electron chi connectivity index (χ2n) is 6.07. The minimum Gasteiger partial charge on any atom is -0.353 e. The summed E-state index contributed by atoms with van der Waals surface area (Å²) in [7, 11) is 0. The van der Waals surface area contributed by atoms with E-state index in [0.717, 1.165) is 6.42 Å². The van der Waals surface area contributed by atoms with Crippen molar-refractivity contribution in [2.75, 3.05) is 25.0 Å². The van der Waals surface area contributed by atoms with E-state index in [0.29, 0.717) is 47.6 Å². The summed E-state index contributed by atoms with van der Waals surface area (Å²) in [5, 5.41) is 6.61. The summed E-state index contributed by atoms with van der Waals surface area (Å²) in [6.07, 6.45) is 4.65. The van der Waals surface area contributed by atoms with Crippen molar-refractivity contribution < 1.29 is 9.59 Å². The molecule has 0 aliphatic carbocycles. The molecule has 1 atom stereocenters. The number of rotatable bonds is 6. The largest absolute Gasteiger partial charge is 0.353 e. The van der Waals surface area contributed by atoms with Crippen LogP contribution in [0.5, 0.6) is 0 Å². The highest BCUT2D eigenvalue weighted by Crippen LogP contribution is 2.26. The van der Waals surface area contributed by atoms with Crippen molar-refractivity contribution in [1.82, 2.24) is 20.2 Å². The van der Waals surface area contributed by atoms with Crippen LogP contribution in [0.25, 0.3) is 0 Å².